The zero-order chi connectivity index (χ0) is 18.7. The Labute approximate surface area is 167 Å². The van der Waals surface area contributed by atoms with Crippen molar-refractivity contribution in [3.63, 3.8) is 0 Å². The summed E-state index contributed by atoms with van der Waals surface area (Å²) in [5.41, 5.74) is 0. The third-order valence-electron chi connectivity index (χ3n) is 3.64. The van der Waals surface area contributed by atoms with E-state index in [1.807, 2.05) is 0 Å². The minimum absolute atomic E-state index is 0. The molecule has 0 rings (SSSR count). The summed E-state index contributed by atoms with van der Waals surface area (Å²) < 4.78 is 26.9. The number of aliphatic carboxylic acids is 2. The number of unbranched alkanes of at least 4 members (excludes halogenated alkanes) is 2. The van der Waals surface area contributed by atoms with Gasteiger partial charge in [-0.3, -0.25) is 14.1 Å². The molecule has 0 spiro atoms. The molecule has 0 aliphatic heterocycles. The van der Waals surface area contributed by atoms with Gasteiger partial charge in [0.15, 0.2) is 0 Å². The first-order valence-electron chi connectivity index (χ1n) is 7.71. The Kier molecular flexibility index (Phi) is 16.8. The van der Waals surface area contributed by atoms with Gasteiger partial charge in [-0.05, 0) is 6.92 Å². The van der Waals surface area contributed by atoms with E-state index in [0.29, 0.717) is 6.92 Å². The van der Waals surface area contributed by atoms with Crippen LogP contribution in [0.5, 0.6) is 0 Å². The maximum atomic E-state index is 10.5. The van der Waals surface area contributed by atoms with Crippen LogP contribution < -0.4 is 29.6 Å². The second kappa shape index (κ2) is 14.1. The summed E-state index contributed by atoms with van der Waals surface area (Å²) in [5.74, 6) is -1.78. The minimum atomic E-state index is -4.94. The Morgan fingerprint density at radius 2 is 1.50 bits per heavy atom. The summed E-state index contributed by atoms with van der Waals surface area (Å²) in [5, 5.41) is 16.6. The summed E-state index contributed by atoms with van der Waals surface area (Å²) in [4.78, 5) is 20.5. The second-order valence-electron chi connectivity index (χ2n) is 5.50. The molecule has 0 aromatic carbocycles. The van der Waals surface area contributed by atoms with E-state index in [9.17, 15) is 18.0 Å². The van der Waals surface area contributed by atoms with Crippen LogP contribution in [0.2, 0.25) is 0 Å². The van der Waals surface area contributed by atoms with Gasteiger partial charge in [0.2, 0.25) is 4.75 Å². The van der Waals surface area contributed by atoms with E-state index in [0.717, 1.165) is 0 Å². The molecule has 9 heteroatoms. The molecule has 1 unspecified atom stereocenters. The van der Waals surface area contributed by atoms with Crippen molar-refractivity contribution >= 4 is 22.1 Å². The molecule has 7 nitrogen and oxygen atoms in total. The molecule has 0 amide bonds. The third-order valence-corrected chi connectivity index (χ3v) is 5.10. The quantitative estimate of drug-likeness (QED) is 0.214. The van der Waals surface area contributed by atoms with Crippen LogP contribution in [0.15, 0.2) is 0 Å². The molecule has 0 aliphatic rings. The first kappa shape index (κ1) is 28.6. The minimum Gasteiger partial charge on any atom is -0.481 e. The molecule has 138 valence electrons. The predicted molar refractivity (Wildman–Crippen MR) is 87.8 cm³/mol. The Balaban J connectivity index is -0.000000364. The van der Waals surface area contributed by atoms with Gasteiger partial charge in [-0.15, -0.1) is 0 Å². The normalized spacial score (nSPS) is 13.2. The van der Waals surface area contributed by atoms with Gasteiger partial charge in [0.25, 0.3) is 10.1 Å². The summed E-state index contributed by atoms with van der Waals surface area (Å²) in [6.45, 7) is 7.42. The van der Waals surface area contributed by atoms with Crippen molar-refractivity contribution in [2.45, 2.75) is 77.4 Å². The molecular weight excluding hydrogens is 347 g/mol. The van der Waals surface area contributed by atoms with E-state index >= 15 is 0 Å². The standard InChI is InChI=1S/C10H21.C5H8O7S.Na/c1-4-7-8-9-10(5-2)6-3;1-5(4(8)9,2-3(6)7)13(10,11)12;/h4-9H2,1-3H3;2H2,1H3,(H,6,7)(H,8,9)(H,10,11,12);/q-1;;+1. The van der Waals surface area contributed by atoms with Gasteiger partial charge in [0, 0.05) is 0 Å². The smallest absolute Gasteiger partial charge is 0.481 e. The molecule has 0 aromatic rings. The van der Waals surface area contributed by atoms with Crippen LogP contribution in [0.25, 0.3) is 0 Å². The van der Waals surface area contributed by atoms with Crippen LogP contribution in [0, 0.1) is 5.92 Å². The van der Waals surface area contributed by atoms with Gasteiger partial charge in [0.05, 0.1) is 6.42 Å². The first-order valence-corrected chi connectivity index (χ1v) is 9.15. The number of carboxylic acids is 2. The van der Waals surface area contributed by atoms with E-state index in [2.05, 4.69) is 20.8 Å². The maximum absolute atomic E-state index is 10.5. The fourth-order valence-corrected chi connectivity index (χ4v) is 2.32. The largest absolute Gasteiger partial charge is 1.00 e. The average Bonchev–Trinajstić information content (AvgIpc) is 2.42. The van der Waals surface area contributed by atoms with Crippen LogP contribution >= 0.6 is 0 Å². The van der Waals surface area contributed by atoms with Crippen molar-refractivity contribution in [3.05, 3.63) is 5.92 Å². The molecule has 24 heavy (non-hydrogen) atoms. The molecule has 0 saturated carbocycles. The fraction of sp³-hybridized carbons (Fsp3) is 0.800. The van der Waals surface area contributed by atoms with E-state index < -0.39 is 33.2 Å². The zero-order valence-electron chi connectivity index (χ0n) is 15.3. The Morgan fingerprint density at radius 1 is 1.04 bits per heavy atom. The van der Waals surface area contributed by atoms with Crippen LogP contribution in [-0.4, -0.2) is 39.9 Å². The zero-order valence-corrected chi connectivity index (χ0v) is 18.1. The molecule has 0 fully saturated rings. The van der Waals surface area contributed by atoms with Crippen molar-refractivity contribution in [2.24, 2.45) is 0 Å². The van der Waals surface area contributed by atoms with Crippen molar-refractivity contribution in [1.82, 2.24) is 0 Å². The van der Waals surface area contributed by atoms with Gasteiger partial charge in [-0.25, -0.2) is 0 Å². The third kappa shape index (κ3) is 11.4. The Hall–Kier alpha value is -0.150. The van der Waals surface area contributed by atoms with Crippen LogP contribution in [0.1, 0.15) is 72.6 Å². The number of hydrogen-bond acceptors (Lipinski definition) is 4. The van der Waals surface area contributed by atoms with E-state index in [-0.39, 0.29) is 29.6 Å². The molecule has 0 saturated heterocycles. The monoisotopic (exact) mass is 376 g/mol. The molecule has 0 radical (unpaired) electrons. The predicted octanol–water partition coefficient (Wildman–Crippen LogP) is 0.157. The van der Waals surface area contributed by atoms with Crippen molar-refractivity contribution in [2.75, 3.05) is 0 Å². The van der Waals surface area contributed by atoms with E-state index in [1.165, 1.54) is 38.5 Å². The van der Waals surface area contributed by atoms with Crippen LogP contribution in [-0.2, 0) is 19.7 Å². The van der Waals surface area contributed by atoms with E-state index in [1.54, 1.807) is 5.92 Å². The number of hydrogen-bond donors (Lipinski definition) is 3. The van der Waals surface area contributed by atoms with Crippen molar-refractivity contribution in [1.29, 1.82) is 0 Å². The van der Waals surface area contributed by atoms with Crippen molar-refractivity contribution in [3.8, 4) is 0 Å². The molecule has 0 aliphatic carbocycles. The first-order chi connectivity index (χ1) is 10.5. The molecule has 0 bridgehead atoms. The van der Waals surface area contributed by atoms with Gasteiger partial charge < -0.3 is 16.1 Å². The maximum Gasteiger partial charge on any atom is 1.00 e. The van der Waals surface area contributed by atoms with Gasteiger partial charge in [-0.1, -0.05) is 40.0 Å². The number of carbonyl (C=O) groups is 2. The van der Waals surface area contributed by atoms with Gasteiger partial charge in [-0.2, -0.15) is 27.7 Å². The van der Waals surface area contributed by atoms with Gasteiger partial charge in [0.1, 0.15) is 0 Å². The number of rotatable bonds is 10. The molecular formula is C15H29NaO7S. The van der Waals surface area contributed by atoms with Crippen LogP contribution in [0.3, 0.4) is 0 Å². The number of carboxylic acid groups (broad SMARTS) is 2. The summed E-state index contributed by atoms with van der Waals surface area (Å²) in [6, 6.07) is 0. The second-order valence-corrected chi connectivity index (χ2v) is 7.35. The summed E-state index contributed by atoms with van der Waals surface area (Å²) in [6.07, 6.45) is 6.93. The fourth-order valence-electron chi connectivity index (χ4n) is 1.79. The Morgan fingerprint density at radius 3 is 1.71 bits per heavy atom. The summed E-state index contributed by atoms with van der Waals surface area (Å²) >= 11 is 0. The van der Waals surface area contributed by atoms with Gasteiger partial charge >= 0.3 is 41.5 Å². The summed E-state index contributed by atoms with van der Waals surface area (Å²) in [7, 11) is -4.94. The topological polar surface area (TPSA) is 129 Å². The molecule has 0 heterocycles. The van der Waals surface area contributed by atoms with Crippen LogP contribution in [0.4, 0.5) is 0 Å². The van der Waals surface area contributed by atoms with Crippen molar-refractivity contribution < 1.29 is 62.3 Å². The Bertz CT molecular complexity index is 460. The molecule has 1 atom stereocenters. The SMILES string of the molecule is CC(CC(=O)O)(C(=O)O)S(=O)(=O)O.CCCCC[C-](CC)CC.[Na+]. The average molecular weight is 376 g/mol. The molecule has 3 N–H and O–H groups in total. The molecule has 0 aromatic heterocycles. The van der Waals surface area contributed by atoms with E-state index in [4.69, 9.17) is 14.8 Å².